The van der Waals surface area contributed by atoms with E-state index in [1.165, 1.54) is 0 Å². The third kappa shape index (κ3) is 2.56. The first-order valence-corrected chi connectivity index (χ1v) is 5.23. The molecule has 0 amide bonds. The average Bonchev–Trinajstić information content (AvgIpc) is 2.17. The lowest BCUT2D eigenvalue weighted by Gasteiger charge is -2.06. The molecule has 3 nitrogen and oxygen atoms in total. The molecule has 0 saturated carbocycles. The molecule has 0 saturated heterocycles. The molecular formula is C8H6F3NO2S. The minimum absolute atomic E-state index is 0.469. The first-order valence-electron chi connectivity index (χ1n) is 3.68. The van der Waals surface area contributed by atoms with E-state index in [2.05, 4.69) is 11.6 Å². The maximum absolute atomic E-state index is 12.2. The summed E-state index contributed by atoms with van der Waals surface area (Å²) in [5.41, 5.74) is -1.06. The molecule has 0 fully saturated rings. The highest BCUT2D eigenvalue weighted by atomic mass is 32.2. The van der Waals surface area contributed by atoms with Gasteiger partial charge in [-0.05, 0) is 12.1 Å². The predicted molar refractivity (Wildman–Crippen MR) is 46.6 cm³/mol. The van der Waals surface area contributed by atoms with Crippen molar-refractivity contribution < 1.29 is 21.6 Å². The summed E-state index contributed by atoms with van der Waals surface area (Å²) in [6.45, 7) is 2.99. The largest absolute Gasteiger partial charge is 0.416 e. The lowest BCUT2D eigenvalue weighted by Crippen LogP contribution is -2.08. The van der Waals surface area contributed by atoms with Crippen molar-refractivity contribution in [2.45, 2.75) is 11.2 Å². The fourth-order valence-corrected chi connectivity index (χ4v) is 1.50. The van der Waals surface area contributed by atoms with E-state index in [0.717, 1.165) is 6.20 Å². The quantitative estimate of drug-likeness (QED) is 0.790. The van der Waals surface area contributed by atoms with Gasteiger partial charge in [0.05, 0.1) is 5.56 Å². The Morgan fingerprint density at radius 3 is 2.47 bits per heavy atom. The Morgan fingerprint density at radius 1 is 1.40 bits per heavy atom. The van der Waals surface area contributed by atoms with Gasteiger partial charge in [0.15, 0.2) is 5.03 Å². The minimum Gasteiger partial charge on any atom is -0.244 e. The SMILES string of the molecule is C=CS(=O)(=O)c1cc(C(F)(F)F)ccn1. The molecule has 15 heavy (non-hydrogen) atoms. The van der Waals surface area contributed by atoms with Crippen LogP contribution in [0.5, 0.6) is 0 Å². The summed E-state index contributed by atoms with van der Waals surface area (Å²) in [5, 5.41) is -0.109. The van der Waals surface area contributed by atoms with Gasteiger partial charge in [0.1, 0.15) is 0 Å². The average molecular weight is 237 g/mol. The van der Waals surface area contributed by atoms with E-state index in [1.807, 2.05) is 0 Å². The summed E-state index contributed by atoms with van der Waals surface area (Å²) in [4.78, 5) is 3.34. The maximum Gasteiger partial charge on any atom is 0.416 e. The number of rotatable bonds is 2. The molecule has 1 rings (SSSR count). The number of sulfone groups is 1. The first kappa shape index (κ1) is 11.7. The smallest absolute Gasteiger partial charge is 0.244 e. The van der Waals surface area contributed by atoms with Crippen LogP contribution < -0.4 is 0 Å². The normalized spacial score (nSPS) is 12.5. The lowest BCUT2D eigenvalue weighted by atomic mass is 10.3. The highest BCUT2D eigenvalue weighted by Gasteiger charge is 2.31. The van der Waals surface area contributed by atoms with Crippen molar-refractivity contribution in [1.82, 2.24) is 4.98 Å². The highest BCUT2D eigenvalue weighted by molar-refractivity contribution is 7.94. The molecule has 0 aliphatic carbocycles. The standard InChI is InChI=1S/C8H6F3NO2S/c1-2-15(13,14)7-5-6(3-4-12-7)8(9,10)11/h2-5H,1H2. The van der Waals surface area contributed by atoms with Gasteiger partial charge in [-0.15, -0.1) is 0 Å². The van der Waals surface area contributed by atoms with Crippen molar-refractivity contribution >= 4 is 9.84 Å². The Balaban J connectivity index is 3.33. The van der Waals surface area contributed by atoms with E-state index >= 15 is 0 Å². The molecule has 0 atom stereocenters. The van der Waals surface area contributed by atoms with Gasteiger partial charge in [-0.2, -0.15) is 13.2 Å². The summed E-state index contributed by atoms with van der Waals surface area (Å²) in [7, 11) is -3.93. The maximum atomic E-state index is 12.2. The Labute approximate surface area is 84.2 Å². The molecule has 0 aliphatic heterocycles. The van der Waals surface area contributed by atoms with Crippen molar-refractivity contribution in [3.05, 3.63) is 35.9 Å². The van der Waals surface area contributed by atoms with Gasteiger partial charge >= 0.3 is 6.18 Å². The van der Waals surface area contributed by atoms with Crippen molar-refractivity contribution in [1.29, 1.82) is 0 Å². The third-order valence-electron chi connectivity index (χ3n) is 1.57. The van der Waals surface area contributed by atoms with Gasteiger partial charge in [-0.25, -0.2) is 13.4 Å². The summed E-state index contributed by atoms with van der Waals surface area (Å²) < 4.78 is 58.9. The zero-order valence-corrected chi connectivity index (χ0v) is 8.14. The van der Waals surface area contributed by atoms with Crippen LogP contribution in [-0.2, 0) is 16.0 Å². The molecule has 0 radical (unpaired) electrons. The molecule has 1 aromatic heterocycles. The summed E-state index contributed by atoms with van der Waals surface area (Å²) >= 11 is 0. The van der Waals surface area contributed by atoms with Crippen molar-refractivity contribution in [2.75, 3.05) is 0 Å². The molecular weight excluding hydrogens is 231 g/mol. The van der Waals surface area contributed by atoms with Crippen molar-refractivity contribution in [3.8, 4) is 0 Å². The summed E-state index contributed by atoms with van der Waals surface area (Å²) in [6.07, 6.45) is -3.80. The number of alkyl halides is 3. The predicted octanol–water partition coefficient (Wildman–Crippen LogP) is 2.02. The minimum atomic E-state index is -4.59. The van der Waals surface area contributed by atoms with Crippen LogP contribution in [0.25, 0.3) is 0 Å². The van der Waals surface area contributed by atoms with E-state index in [-0.39, 0.29) is 0 Å². The molecule has 0 aromatic carbocycles. The second kappa shape index (κ2) is 3.65. The van der Waals surface area contributed by atoms with Crippen LogP contribution in [0.2, 0.25) is 0 Å². The Morgan fingerprint density at radius 2 is 2.00 bits per heavy atom. The molecule has 0 N–H and O–H groups in total. The fraction of sp³-hybridized carbons (Fsp3) is 0.125. The number of nitrogens with zero attached hydrogens (tertiary/aromatic N) is 1. The molecule has 7 heteroatoms. The van der Waals surface area contributed by atoms with Gasteiger partial charge in [0, 0.05) is 11.6 Å². The molecule has 0 bridgehead atoms. The Hall–Kier alpha value is -1.37. The number of pyridine rings is 1. The molecule has 1 heterocycles. The van der Waals surface area contributed by atoms with Gasteiger partial charge in [0.25, 0.3) is 0 Å². The topological polar surface area (TPSA) is 47.0 Å². The van der Waals surface area contributed by atoms with Crippen molar-refractivity contribution in [2.24, 2.45) is 0 Å². The van der Waals surface area contributed by atoms with Gasteiger partial charge in [-0.3, -0.25) is 0 Å². The molecule has 0 unspecified atom stereocenters. The van der Waals surface area contributed by atoms with E-state index in [1.54, 1.807) is 0 Å². The van der Waals surface area contributed by atoms with E-state index in [0.29, 0.717) is 17.5 Å². The van der Waals surface area contributed by atoms with E-state index in [9.17, 15) is 21.6 Å². The van der Waals surface area contributed by atoms with Gasteiger partial charge in [0.2, 0.25) is 9.84 Å². The number of halogens is 3. The van der Waals surface area contributed by atoms with Crippen LogP contribution in [0.1, 0.15) is 5.56 Å². The van der Waals surface area contributed by atoms with Crippen LogP contribution in [-0.4, -0.2) is 13.4 Å². The third-order valence-corrected chi connectivity index (χ3v) is 2.82. The van der Waals surface area contributed by atoms with Crippen LogP contribution in [0.4, 0.5) is 13.2 Å². The highest BCUT2D eigenvalue weighted by Crippen LogP contribution is 2.29. The van der Waals surface area contributed by atoms with E-state index in [4.69, 9.17) is 0 Å². The Bertz CT molecular complexity index is 479. The zero-order valence-electron chi connectivity index (χ0n) is 7.32. The Kier molecular flexibility index (Phi) is 2.85. The van der Waals surface area contributed by atoms with Gasteiger partial charge < -0.3 is 0 Å². The van der Waals surface area contributed by atoms with Crippen LogP contribution >= 0.6 is 0 Å². The fourth-order valence-electron chi connectivity index (χ4n) is 0.827. The van der Waals surface area contributed by atoms with Crippen LogP contribution in [0, 0.1) is 0 Å². The van der Waals surface area contributed by atoms with Crippen LogP contribution in [0.15, 0.2) is 35.3 Å². The number of aromatic nitrogens is 1. The molecule has 0 spiro atoms. The lowest BCUT2D eigenvalue weighted by molar-refractivity contribution is -0.137. The van der Waals surface area contributed by atoms with E-state index < -0.39 is 26.6 Å². The van der Waals surface area contributed by atoms with Crippen LogP contribution in [0.3, 0.4) is 0 Å². The zero-order chi connectivity index (χ0) is 11.7. The number of hydrogen-bond acceptors (Lipinski definition) is 3. The molecule has 0 aliphatic rings. The molecule has 1 aromatic rings. The second-order valence-electron chi connectivity index (χ2n) is 2.59. The monoisotopic (exact) mass is 237 g/mol. The summed E-state index contributed by atoms with van der Waals surface area (Å²) in [5.74, 6) is 0. The first-order chi connectivity index (χ1) is 6.77. The second-order valence-corrected chi connectivity index (χ2v) is 4.43. The summed E-state index contributed by atoms with van der Waals surface area (Å²) in [6, 6.07) is 1.17. The number of hydrogen-bond donors (Lipinski definition) is 0. The van der Waals surface area contributed by atoms with Gasteiger partial charge in [-0.1, -0.05) is 6.58 Å². The van der Waals surface area contributed by atoms with Crippen molar-refractivity contribution in [3.63, 3.8) is 0 Å². The molecule has 82 valence electrons.